The van der Waals surface area contributed by atoms with Gasteiger partial charge in [0.2, 0.25) is 0 Å². The molecule has 3 atom stereocenters. The molecule has 100 valence electrons. The van der Waals surface area contributed by atoms with Crippen LogP contribution in [0.1, 0.15) is 46.0 Å². The van der Waals surface area contributed by atoms with Gasteiger partial charge in [0.05, 0.1) is 6.10 Å². The number of hydrogen-bond donors (Lipinski definition) is 1. The van der Waals surface area contributed by atoms with Gasteiger partial charge in [-0.25, -0.2) is 0 Å². The third-order valence-electron chi connectivity index (χ3n) is 4.98. The summed E-state index contributed by atoms with van der Waals surface area (Å²) in [6, 6.07) is 0. The highest BCUT2D eigenvalue weighted by Gasteiger charge is 2.44. The summed E-state index contributed by atoms with van der Waals surface area (Å²) in [6.45, 7) is 8.57. The van der Waals surface area contributed by atoms with Crippen LogP contribution in [-0.4, -0.2) is 42.8 Å². The SMILES string of the molecule is CCN(CC1CCCO1)C1(CN)CCCC1C. The van der Waals surface area contributed by atoms with E-state index in [1.165, 1.54) is 32.1 Å². The first-order chi connectivity index (χ1) is 8.23. The molecule has 0 spiro atoms. The molecule has 1 saturated heterocycles. The zero-order chi connectivity index (χ0) is 12.3. The van der Waals surface area contributed by atoms with E-state index in [2.05, 4.69) is 18.7 Å². The summed E-state index contributed by atoms with van der Waals surface area (Å²) in [5.74, 6) is 0.730. The Morgan fingerprint density at radius 1 is 1.35 bits per heavy atom. The van der Waals surface area contributed by atoms with Gasteiger partial charge >= 0.3 is 0 Å². The standard InChI is InChI=1S/C14H28N2O/c1-3-16(10-13-7-5-9-17-13)14(11-15)8-4-6-12(14)2/h12-13H,3-11,15H2,1-2H3. The molecule has 1 saturated carbocycles. The van der Waals surface area contributed by atoms with Gasteiger partial charge in [0.25, 0.3) is 0 Å². The summed E-state index contributed by atoms with van der Waals surface area (Å²) < 4.78 is 5.79. The molecule has 1 aliphatic heterocycles. The average molecular weight is 240 g/mol. The smallest absolute Gasteiger partial charge is 0.0703 e. The minimum atomic E-state index is 0.251. The Morgan fingerprint density at radius 2 is 2.18 bits per heavy atom. The van der Waals surface area contributed by atoms with E-state index in [0.717, 1.165) is 32.2 Å². The zero-order valence-electron chi connectivity index (χ0n) is 11.5. The van der Waals surface area contributed by atoms with Gasteiger partial charge in [0, 0.05) is 25.2 Å². The molecule has 0 amide bonds. The summed E-state index contributed by atoms with van der Waals surface area (Å²) in [6.07, 6.45) is 6.84. The molecular formula is C14H28N2O. The van der Waals surface area contributed by atoms with Crippen LogP contribution < -0.4 is 5.73 Å². The first-order valence-corrected chi connectivity index (χ1v) is 7.29. The maximum atomic E-state index is 6.13. The number of rotatable bonds is 5. The normalized spacial score (nSPS) is 38.1. The molecule has 2 fully saturated rings. The first kappa shape index (κ1) is 13.3. The fraction of sp³-hybridized carbons (Fsp3) is 1.00. The van der Waals surface area contributed by atoms with Crippen molar-refractivity contribution in [1.82, 2.24) is 4.90 Å². The number of nitrogens with two attached hydrogens (primary N) is 1. The summed E-state index contributed by atoms with van der Waals surface area (Å²) in [5, 5.41) is 0. The highest BCUT2D eigenvalue weighted by Crippen LogP contribution is 2.40. The van der Waals surface area contributed by atoms with Crippen LogP contribution >= 0.6 is 0 Å². The first-order valence-electron chi connectivity index (χ1n) is 7.29. The Morgan fingerprint density at radius 3 is 2.65 bits per heavy atom. The van der Waals surface area contributed by atoms with E-state index in [0.29, 0.717) is 6.10 Å². The molecule has 0 aromatic heterocycles. The Bertz CT molecular complexity index is 240. The van der Waals surface area contributed by atoms with Crippen LogP contribution in [0.5, 0.6) is 0 Å². The molecule has 3 heteroatoms. The van der Waals surface area contributed by atoms with Gasteiger partial charge in [-0.1, -0.05) is 20.3 Å². The number of nitrogens with zero attached hydrogens (tertiary/aromatic N) is 1. The van der Waals surface area contributed by atoms with E-state index in [-0.39, 0.29) is 5.54 Å². The van der Waals surface area contributed by atoms with Crippen LogP contribution in [0.4, 0.5) is 0 Å². The van der Waals surface area contributed by atoms with E-state index in [4.69, 9.17) is 10.5 Å². The molecule has 0 bridgehead atoms. The molecule has 17 heavy (non-hydrogen) atoms. The topological polar surface area (TPSA) is 38.5 Å². The van der Waals surface area contributed by atoms with Crippen LogP contribution in [0.15, 0.2) is 0 Å². The molecule has 2 aliphatic rings. The van der Waals surface area contributed by atoms with E-state index in [1.54, 1.807) is 0 Å². The van der Waals surface area contributed by atoms with Crippen LogP contribution in [0.25, 0.3) is 0 Å². The van der Waals surface area contributed by atoms with Crippen LogP contribution in [0, 0.1) is 5.92 Å². The van der Waals surface area contributed by atoms with Crippen LogP contribution in [0.3, 0.4) is 0 Å². The Labute approximate surface area is 106 Å². The fourth-order valence-corrected chi connectivity index (χ4v) is 3.79. The number of hydrogen-bond acceptors (Lipinski definition) is 3. The highest BCUT2D eigenvalue weighted by atomic mass is 16.5. The maximum absolute atomic E-state index is 6.13. The molecule has 0 radical (unpaired) electrons. The van der Waals surface area contributed by atoms with Crippen molar-refractivity contribution in [3.05, 3.63) is 0 Å². The van der Waals surface area contributed by atoms with Gasteiger partial charge in [-0.2, -0.15) is 0 Å². The van der Waals surface area contributed by atoms with E-state index < -0.39 is 0 Å². The van der Waals surface area contributed by atoms with Gasteiger partial charge in [0.1, 0.15) is 0 Å². The van der Waals surface area contributed by atoms with Gasteiger partial charge in [-0.3, -0.25) is 4.90 Å². The van der Waals surface area contributed by atoms with Crippen molar-refractivity contribution in [2.75, 3.05) is 26.2 Å². The van der Waals surface area contributed by atoms with Crippen molar-refractivity contribution < 1.29 is 4.74 Å². The van der Waals surface area contributed by atoms with Crippen molar-refractivity contribution in [2.45, 2.75) is 57.6 Å². The zero-order valence-corrected chi connectivity index (χ0v) is 11.5. The Hall–Kier alpha value is -0.120. The lowest BCUT2D eigenvalue weighted by atomic mass is 9.86. The molecule has 0 aromatic rings. The molecule has 1 heterocycles. The second-order valence-corrected chi connectivity index (χ2v) is 5.77. The van der Waals surface area contributed by atoms with Crippen LogP contribution in [0.2, 0.25) is 0 Å². The summed E-state index contributed by atoms with van der Waals surface area (Å²) in [7, 11) is 0. The van der Waals surface area contributed by atoms with Crippen molar-refractivity contribution in [3.8, 4) is 0 Å². The second-order valence-electron chi connectivity index (χ2n) is 5.77. The van der Waals surface area contributed by atoms with Crippen molar-refractivity contribution in [1.29, 1.82) is 0 Å². The molecule has 3 nitrogen and oxygen atoms in total. The van der Waals surface area contributed by atoms with Gasteiger partial charge < -0.3 is 10.5 Å². The third-order valence-corrected chi connectivity index (χ3v) is 4.98. The number of likely N-dealkylation sites (N-methyl/N-ethyl adjacent to an activating group) is 1. The molecule has 2 N–H and O–H groups in total. The second kappa shape index (κ2) is 5.68. The average Bonchev–Trinajstić information content (AvgIpc) is 2.96. The minimum Gasteiger partial charge on any atom is -0.377 e. The number of ether oxygens (including phenoxy) is 1. The van der Waals surface area contributed by atoms with E-state index >= 15 is 0 Å². The lowest BCUT2D eigenvalue weighted by molar-refractivity contribution is 0.00957. The van der Waals surface area contributed by atoms with Crippen molar-refractivity contribution in [2.24, 2.45) is 11.7 Å². The summed E-state index contributed by atoms with van der Waals surface area (Å²) >= 11 is 0. The van der Waals surface area contributed by atoms with Gasteiger partial charge in [-0.15, -0.1) is 0 Å². The lowest BCUT2D eigenvalue weighted by Crippen LogP contribution is -2.57. The molecule has 0 aromatic carbocycles. The largest absolute Gasteiger partial charge is 0.377 e. The predicted octanol–water partition coefficient (Wildman–Crippen LogP) is 2.00. The fourth-order valence-electron chi connectivity index (χ4n) is 3.79. The minimum absolute atomic E-state index is 0.251. The quantitative estimate of drug-likeness (QED) is 0.799. The maximum Gasteiger partial charge on any atom is 0.0703 e. The predicted molar refractivity (Wildman–Crippen MR) is 71.0 cm³/mol. The van der Waals surface area contributed by atoms with Gasteiger partial charge in [-0.05, 0) is 38.1 Å². The summed E-state index contributed by atoms with van der Waals surface area (Å²) in [5.41, 5.74) is 6.38. The Balaban J connectivity index is 2.03. The highest BCUT2D eigenvalue weighted by molar-refractivity contribution is 5.00. The lowest BCUT2D eigenvalue weighted by Gasteiger charge is -2.44. The molecule has 2 rings (SSSR count). The molecular weight excluding hydrogens is 212 g/mol. The van der Waals surface area contributed by atoms with Crippen molar-refractivity contribution in [3.63, 3.8) is 0 Å². The van der Waals surface area contributed by atoms with Gasteiger partial charge in [0.15, 0.2) is 0 Å². The summed E-state index contributed by atoms with van der Waals surface area (Å²) in [4.78, 5) is 2.61. The molecule has 3 unspecified atom stereocenters. The monoisotopic (exact) mass is 240 g/mol. The van der Waals surface area contributed by atoms with E-state index in [9.17, 15) is 0 Å². The van der Waals surface area contributed by atoms with Crippen molar-refractivity contribution >= 4 is 0 Å². The van der Waals surface area contributed by atoms with Crippen LogP contribution in [-0.2, 0) is 4.74 Å². The van der Waals surface area contributed by atoms with E-state index in [1.807, 2.05) is 0 Å². The third kappa shape index (κ3) is 2.51. The Kier molecular flexibility index (Phi) is 4.45. The molecule has 1 aliphatic carbocycles.